The topological polar surface area (TPSA) is 28.2 Å². The molecule has 0 aliphatic carbocycles. The van der Waals surface area contributed by atoms with Crippen molar-refractivity contribution in [3.05, 3.63) is 48.7 Å². The number of pyridine rings is 1. The fourth-order valence-electron chi connectivity index (χ4n) is 1.41. The van der Waals surface area contributed by atoms with Crippen molar-refractivity contribution < 1.29 is 0 Å². The molecule has 0 atom stereocenters. The van der Waals surface area contributed by atoms with Gasteiger partial charge in [-0.25, -0.2) is 4.98 Å². The minimum absolute atomic E-state index is 0.957. The maximum atomic E-state index is 4.34. The molecular weight excluding hydrogens is 198 g/mol. The molecule has 2 rings (SSSR count). The molecule has 0 saturated carbocycles. The summed E-state index contributed by atoms with van der Waals surface area (Å²) in [5.41, 5.74) is 2.07. The van der Waals surface area contributed by atoms with E-state index in [-0.39, 0.29) is 0 Å². The van der Waals surface area contributed by atoms with Gasteiger partial charge in [-0.1, -0.05) is 18.2 Å². The number of hydrogen-bond acceptors (Lipinski definition) is 3. The van der Waals surface area contributed by atoms with Crippen LogP contribution in [-0.4, -0.2) is 19.1 Å². The third kappa shape index (κ3) is 2.51. The molecule has 0 spiro atoms. The lowest BCUT2D eigenvalue weighted by atomic mass is 10.3. The van der Waals surface area contributed by atoms with Crippen LogP contribution in [-0.2, 0) is 0 Å². The van der Waals surface area contributed by atoms with Crippen LogP contribution in [0.4, 0.5) is 17.2 Å². The van der Waals surface area contributed by atoms with Gasteiger partial charge in [0, 0.05) is 19.8 Å². The van der Waals surface area contributed by atoms with Crippen molar-refractivity contribution in [2.75, 3.05) is 24.3 Å². The number of rotatable bonds is 3. The number of para-hydroxylation sites is 1. The minimum atomic E-state index is 0.957. The summed E-state index contributed by atoms with van der Waals surface area (Å²) in [5, 5.41) is 3.29. The Hall–Kier alpha value is -2.03. The lowest BCUT2D eigenvalue weighted by molar-refractivity contribution is 1.07. The summed E-state index contributed by atoms with van der Waals surface area (Å²) in [7, 11) is 3.96. The molecule has 0 aliphatic heterocycles. The average molecular weight is 213 g/mol. The van der Waals surface area contributed by atoms with Gasteiger partial charge in [0.1, 0.15) is 5.82 Å². The van der Waals surface area contributed by atoms with Crippen LogP contribution in [0.15, 0.2) is 48.7 Å². The molecule has 2 aromatic rings. The zero-order valence-corrected chi connectivity index (χ0v) is 9.51. The van der Waals surface area contributed by atoms with Gasteiger partial charge in [0.2, 0.25) is 0 Å². The van der Waals surface area contributed by atoms with E-state index >= 15 is 0 Å². The van der Waals surface area contributed by atoms with Gasteiger partial charge < -0.3 is 10.2 Å². The van der Waals surface area contributed by atoms with E-state index in [1.807, 2.05) is 67.7 Å². The van der Waals surface area contributed by atoms with Crippen LogP contribution in [0.2, 0.25) is 0 Å². The van der Waals surface area contributed by atoms with E-state index in [1.165, 1.54) is 0 Å². The van der Waals surface area contributed by atoms with Gasteiger partial charge in [-0.05, 0) is 24.3 Å². The number of benzene rings is 1. The summed E-state index contributed by atoms with van der Waals surface area (Å²) >= 11 is 0. The molecule has 3 heteroatoms. The molecule has 0 saturated heterocycles. The van der Waals surface area contributed by atoms with Crippen molar-refractivity contribution in [1.82, 2.24) is 4.98 Å². The minimum Gasteiger partial charge on any atom is -0.363 e. The summed E-state index contributed by atoms with van der Waals surface area (Å²) in [6.07, 6.45) is 1.84. The zero-order valence-electron chi connectivity index (χ0n) is 9.51. The van der Waals surface area contributed by atoms with Crippen LogP contribution < -0.4 is 10.2 Å². The van der Waals surface area contributed by atoms with E-state index in [0.29, 0.717) is 0 Å². The number of nitrogens with zero attached hydrogens (tertiary/aromatic N) is 2. The van der Waals surface area contributed by atoms with Gasteiger partial charge in [-0.3, -0.25) is 0 Å². The van der Waals surface area contributed by atoms with Crippen molar-refractivity contribution >= 4 is 17.2 Å². The van der Waals surface area contributed by atoms with Crippen molar-refractivity contribution in [2.45, 2.75) is 0 Å². The average Bonchev–Trinajstić information content (AvgIpc) is 2.31. The molecule has 1 aromatic carbocycles. The smallest absolute Gasteiger partial charge is 0.128 e. The summed E-state index contributed by atoms with van der Waals surface area (Å²) in [5.74, 6) is 0.957. The Morgan fingerprint density at radius 3 is 2.25 bits per heavy atom. The van der Waals surface area contributed by atoms with E-state index in [4.69, 9.17) is 0 Å². The first-order valence-corrected chi connectivity index (χ1v) is 5.21. The Morgan fingerprint density at radius 2 is 1.69 bits per heavy atom. The molecule has 0 fully saturated rings. The van der Waals surface area contributed by atoms with E-state index in [0.717, 1.165) is 17.2 Å². The Balaban J connectivity index is 2.11. The molecule has 3 nitrogen and oxygen atoms in total. The van der Waals surface area contributed by atoms with Gasteiger partial charge in [0.25, 0.3) is 0 Å². The second-order valence-electron chi connectivity index (χ2n) is 3.79. The number of anilines is 3. The van der Waals surface area contributed by atoms with Gasteiger partial charge in [-0.2, -0.15) is 0 Å². The second-order valence-corrected chi connectivity index (χ2v) is 3.79. The summed E-state index contributed by atoms with van der Waals surface area (Å²) in [4.78, 5) is 6.32. The van der Waals surface area contributed by atoms with E-state index in [2.05, 4.69) is 10.3 Å². The molecule has 1 aromatic heterocycles. The fourth-order valence-corrected chi connectivity index (χ4v) is 1.41. The quantitative estimate of drug-likeness (QED) is 0.849. The standard InChI is InChI=1S/C13H15N3/c1-16(2)13-9-8-12(10-14-13)15-11-6-4-3-5-7-11/h3-10,15H,1-2H3. The highest BCUT2D eigenvalue weighted by Crippen LogP contribution is 2.17. The Labute approximate surface area is 95.7 Å². The SMILES string of the molecule is CN(C)c1ccc(Nc2ccccc2)cn1. The predicted molar refractivity (Wildman–Crippen MR) is 68.3 cm³/mol. The van der Waals surface area contributed by atoms with Crippen LogP contribution in [0, 0.1) is 0 Å². The van der Waals surface area contributed by atoms with Crippen LogP contribution in [0.5, 0.6) is 0 Å². The van der Waals surface area contributed by atoms with Crippen molar-refractivity contribution in [3.8, 4) is 0 Å². The fraction of sp³-hybridized carbons (Fsp3) is 0.154. The molecule has 16 heavy (non-hydrogen) atoms. The molecule has 0 amide bonds. The molecule has 0 bridgehead atoms. The summed E-state index contributed by atoms with van der Waals surface area (Å²) in [6.45, 7) is 0. The first kappa shape index (κ1) is 10.5. The molecule has 0 radical (unpaired) electrons. The molecule has 82 valence electrons. The number of hydrogen-bond donors (Lipinski definition) is 1. The Bertz CT molecular complexity index is 434. The first-order chi connectivity index (χ1) is 7.75. The van der Waals surface area contributed by atoms with Crippen LogP contribution in [0.3, 0.4) is 0 Å². The Morgan fingerprint density at radius 1 is 0.938 bits per heavy atom. The highest BCUT2D eigenvalue weighted by atomic mass is 15.1. The van der Waals surface area contributed by atoms with Crippen LogP contribution >= 0.6 is 0 Å². The molecule has 1 N–H and O–H groups in total. The maximum absolute atomic E-state index is 4.34. The van der Waals surface area contributed by atoms with Gasteiger partial charge in [-0.15, -0.1) is 0 Å². The zero-order chi connectivity index (χ0) is 11.4. The first-order valence-electron chi connectivity index (χ1n) is 5.21. The normalized spacial score (nSPS) is 9.88. The highest BCUT2D eigenvalue weighted by molar-refractivity contribution is 5.59. The predicted octanol–water partition coefficient (Wildman–Crippen LogP) is 2.89. The number of nitrogens with one attached hydrogen (secondary N) is 1. The van der Waals surface area contributed by atoms with Gasteiger partial charge >= 0.3 is 0 Å². The van der Waals surface area contributed by atoms with Crippen LogP contribution in [0.1, 0.15) is 0 Å². The molecule has 1 heterocycles. The van der Waals surface area contributed by atoms with E-state index < -0.39 is 0 Å². The third-order valence-electron chi connectivity index (χ3n) is 2.27. The van der Waals surface area contributed by atoms with Gasteiger partial charge in [0.05, 0.1) is 11.9 Å². The number of aromatic nitrogens is 1. The summed E-state index contributed by atoms with van der Waals surface area (Å²) < 4.78 is 0. The van der Waals surface area contributed by atoms with Crippen molar-refractivity contribution in [2.24, 2.45) is 0 Å². The lowest BCUT2D eigenvalue weighted by Crippen LogP contribution is -2.10. The van der Waals surface area contributed by atoms with E-state index in [9.17, 15) is 0 Å². The highest BCUT2D eigenvalue weighted by Gasteiger charge is 1.97. The second kappa shape index (κ2) is 4.66. The largest absolute Gasteiger partial charge is 0.363 e. The third-order valence-corrected chi connectivity index (χ3v) is 2.27. The lowest BCUT2D eigenvalue weighted by Gasteiger charge is -2.12. The van der Waals surface area contributed by atoms with Gasteiger partial charge in [0.15, 0.2) is 0 Å². The van der Waals surface area contributed by atoms with Crippen molar-refractivity contribution in [3.63, 3.8) is 0 Å². The Kier molecular flexibility index (Phi) is 3.05. The molecular formula is C13H15N3. The maximum Gasteiger partial charge on any atom is 0.128 e. The summed E-state index contributed by atoms with van der Waals surface area (Å²) in [6, 6.07) is 14.1. The monoisotopic (exact) mass is 213 g/mol. The molecule has 0 unspecified atom stereocenters. The van der Waals surface area contributed by atoms with E-state index in [1.54, 1.807) is 0 Å². The molecule has 0 aliphatic rings. The van der Waals surface area contributed by atoms with Crippen molar-refractivity contribution in [1.29, 1.82) is 0 Å². The van der Waals surface area contributed by atoms with Crippen LogP contribution in [0.25, 0.3) is 0 Å².